The smallest absolute Gasteiger partial charge is 0.321 e. The van der Waals surface area contributed by atoms with Gasteiger partial charge in [-0.1, -0.05) is 54.6 Å². The van der Waals surface area contributed by atoms with Crippen LogP contribution in [-0.4, -0.2) is 41.1 Å². The number of aromatic nitrogens is 2. The van der Waals surface area contributed by atoms with Gasteiger partial charge >= 0.3 is 6.03 Å². The summed E-state index contributed by atoms with van der Waals surface area (Å²) in [7, 11) is 1.60. The number of aromatic amines is 1. The molecule has 0 aliphatic rings. The molecule has 2 amide bonds. The number of anilines is 1. The van der Waals surface area contributed by atoms with Crippen LogP contribution in [0.5, 0.6) is 5.75 Å². The van der Waals surface area contributed by atoms with Gasteiger partial charge in [-0.25, -0.2) is 9.78 Å². The largest absolute Gasteiger partial charge is 0.495 e. The molecule has 0 aliphatic carbocycles. The van der Waals surface area contributed by atoms with Crippen molar-refractivity contribution in [2.45, 2.75) is 12.8 Å². The summed E-state index contributed by atoms with van der Waals surface area (Å²) in [4.78, 5) is 22.9. The van der Waals surface area contributed by atoms with Crippen LogP contribution < -0.4 is 10.1 Å². The molecule has 0 spiro atoms. The number of urea groups is 1. The van der Waals surface area contributed by atoms with Crippen LogP contribution >= 0.6 is 0 Å². The van der Waals surface area contributed by atoms with Crippen molar-refractivity contribution in [1.29, 1.82) is 0 Å². The van der Waals surface area contributed by atoms with E-state index in [1.165, 1.54) is 5.56 Å². The minimum absolute atomic E-state index is 0.156. The third kappa shape index (κ3) is 5.22. The number of hydrogen-bond donors (Lipinski definition) is 2. The van der Waals surface area contributed by atoms with E-state index in [9.17, 15) is 4.79 Å². The van der Waals surface area contributed by atoms with Gasteiger partial charge in [0.2, 0.25) is 0 Å². The molecule has 4 rings (SSSR count). The number of fused-ring (bicyclic) bond motifs is 1. The highest BCUT2D eigenvalue weighted by Crippen LogP contribution is 2.23. The second kappa shape index (κ2) is 9.80. The first kappa shape index (κ1) is 20.5. The molecule has 0 aliphatic heterocycles. The van der Waals surface area contributed by atoms with E-state index in [0.717, 1.165) is 23.3 Å². The summed E-state index contributed by atoms with van der Waals surface area (Å²) >= 11 is 0. The number of benzene rings is 3. The predicted octanol–water partition coefficient (Wildman–Crippen LogP) is 4.89. The van der Waals surface area contributed by atoms with E-state index in [-0.39, 0.29) is 6.03 Å². The Hall–Kier alpha value is -3.80. The lowest BCUT2D eigenvalue weighted by Gasteiger charge is -2.23. The first-order valence-electron chi connectivity index (χ1n) is 10.4. The first-order chi connectivity index (χ1) is 15.2. The number of methoxy groups -OCH3 is 1. The van der Waals surface area contributed by atoms with Gasteiger partial charge in [-0.15, -0.1) is 0 Å². The Morgan fingerprint density at radius 3 is 2.45 bits per heavy atom. The van der Waals surface area contributed by atoms with Crippen molar-refractivity contribution in [1.82, 2.24) is 14.9 Å². The van der Waals surface area contributed by atoms with Gasteiger partial charge in [-0.2, -0.15) is 0 Å². The molecule has 2 N–H and O–H groups in total. The molecule has 0 radical (unpaired) electrons. The molecule has 6 nitrogen and oxygen atoms in total. The third-order valence-electron chi connectivity index (χ3n) is 5.21. The van der Waals surface area contributed by atoms with Crippen LogP contribution in [0.15, 0.2) is 78.9 Å². The molecule has 4 aromatic rings. The molecule has 31 heavy (non-hydrogen) atoms. The summed E-state index contributed by atoms with van der Waals surface area (Å²) in [6, 6.07) is 25.4. The van der Waals surface area contributed by atoms with Gasteiger partial charge in [0, 0.05) is 19.5 Å². The lowest BCUT2D eigenvalue weighted by molar-refractivity contribution is 0.212. The quantitative estimate of drug-likeness (QED) is 0.431. The van der Waals surface area contributed by atoms with E-state index in [4.69, 9.17) is 4.74 Å². The van der Waals surface area contributed by atoms with Gasteiger partial charge in [-0.3, -0.25) is 0 Å². The topological polar surface area (TPSA) is 70.2 Å². The maximum atomic E-state index is 13.1. The summed E-state index contributed by atoms with van der Waals surface area (Å²) in [6.45, 7) is 1.15. The van der Waals surface area contributed by atoms with E-state index < -0.39 is 0 Å². The van der Waals surface area contributed by atoms with Crippen LogP contribution in [0.2, 0.25) is 0 Å². The van der Waals surface area contributed by atoms with Crippen molar-refractivity contribution in [3.63, 3.8) is 0 Å². The summed E-state index contributed by atoms with van der Waals surface area (Å²) in [5.74, 6) is 1.51. The van der Waals surface area contributed by atoms with Crippen molar-refractivity contribution in [3.05, 3.63) is 90.3 Å². The first-order valence-corrected chi connectivity index (χ1v) is 10.4. The van der Waals surface area contributed by atoms with Crippen molar-refractivity contribution in [3.8, 4) is 5.75 Å². The molecule has 0 fully saturated rings. The number of nitrogens with one attached hydrogen (secondary N) is 2. The SMILES string of the molecule is COc1ccccc1NC(=O)N(CCc1ccccc1)CCc1nc2ccccc2[nH]1. The molecule has 0 atom stereocenters. The van der Waals surface area contributed by atoms with E-state index in [0.29, 0.717) is 30.9 Å². The fourth-order valence-electron chi connectivity index (χ4n) is 3.53. The standard InChI is InChI=1S/C25H26N4O2/c1-31-23-14-8-7-13-22(23)28-25(30)29(17-15-19-9-3-2-4-10-19)18-16-24-26-20-11-5-6-12-21(20)27-24/h2-14H,15-18H2,1H3,(H,26,27)(H,28,30). The summed E-state index contributed by atoms with van der Waals surface area (Å²) in [6.07, 6.45) is 1.42. The molecule has 0 unspecified atom stereocenters. The summed E-state index contributed by atoms with van der Waals surface area (Å²) in [5, 5.41) is 2.99. The number of para-hydroxylation sites is 4. The normalized spacial score (nSPS) is 10.7. The fraction of sp³-hybridized carbons (Fsp3) is 0.200. The maximum absolute atomic E-state index is 13.1. The molecule has 158 valence electrons. The van der Waals surface area contributed by atoms with Crippen molar-refractivity contribution >= 4 is 22.8 Å². The van der Waals surface area contributed by atoms with E-state index in [1.54, 1.807) is 7.11 Å². The Balaban J connectivity index is 1.47. The lowest BCUT2D eigenvalue weighted by Crippen LogP contribution is -2.38. The third-order valence-corrected chi connectivity index (χ3v) is 5.21. The fourth-order valence-corrected chi connectivity index (χ4v) is 3.53. The maximum Gasteiger partial charge on any atom is 0.321 e. The highest BCUT2D eigenvalue weighted by molar-refractivity contribution is 5.91. The highest BCUT2D eigenvalue weighted by atomic mass is 16.5. The van der Waals surface area contributed by atoms with Crippen LogP contribution in [0.1, 0.15) is 11.4 Å². The lowest BCUT2D eigenvalue weighted by atomic mass is 10.1. The van der Waals surface area contributed by atoms with Crippen molar-refractivity contribution in [2.75, 3.05) is 25.5 Å². The van der Waals surface area contributed by atoms with Crippen LogP contribution in [-0.2, 0) is 12.8 Å². The number of ether oxygens (including phenoxy) is 1. The van der Waals surface area contributed by atoms with Crippen molar-refractivity contribution in [2.24, 2.45) is 0 Å². The average Bonchev–Trinajstić information content (AvgIpc) is 3.23. The molecule has 0 saturated carbocycles. The van der Waals surface area contributed by atoms with Crippen LogP contribution in [0.4, 0.5) is 10.5 Å². The number of carbonyl (C=O) groups excluding carboxylic acids is 1. The Morgan fingerprint density at radius 1 is 0.935 bits per heavy atom. The molecule has 0 saturated heterocycles. The molecule has 0 bridgehead atoms. The number of hydrogen-bond acceptors (Lipinski definition) is 3. The summed E-state index contributed by atoms with van der Waals surface area (Å²) in [5.41, 5.74) is 3.79. The Kier molecular flexibility index (Phi) is 6.47. The molecule has 1 heterocycles. The number of rotatable bonds is 8. The Labute approximate surface area is 181 Å². The molecule has 1 aromatic heterocycles. The van der Waals surface area contributed by atoms with Crippen LogP contribution in [0.3, 0.4) is 0 Å². The van der Waals surface area contributed by atoms with Gasteiger partial charge in [0.1, 0.15) is 11.6 Å². The van der Waals surface area contributed by atoms with Crippen molar-refractivity contribution < 1.29 is 9.53 Å². The summed E-state index contributed by atoms with van der Waals surface area (Å²) < 4.78 is 5.37. The minimum atomic E-state index is -0.156. The highest BCUT2D eigenvalue weighted by Gasteiger charge is 2.16. The molecular formula is C25H26N4O2. The van der Waals surface area contributed by atoms with Crippen LogP contribution in [0.25, 0.3) is 11.0 Å². The van der Waals surface area contributed by atoms with Crippen LogP contribution in [0, 0.1) is 0 Å². The number of imidazole rings is 1. The zero-order chi connectivity index (χ0) is 21.5. The number of nitrogens with zero attached hydrogens (tertiary/aromatic N) is 2. The molecule has 3 aromatic carbocycles. The minimum Gasteiger partial charge on any atom is -0.495 e. The van der Waals surface area contributed by atoms with Gasteiger partial charge in [0.05, 0.1) is 23.8 Å². The second-order valence-corrected chi connectivity index (χ2v) is 7.30. The predicted molar refractivity (Wildman–Crippen MR) is 124 cm³/mol. The zero-order valence-corrected chi connectivity index (χ0v) is 17.5. The van der Waals surface area contributed by atoms with Gasteiger partial charge in [-0.05, 0) is 36.2 Å². The Morgan fingerprint density at radius 2 is 1.65 bits per heavy atom. The monoisotopic (exact) mass is 414 g/mol. The molecule has 6 heteroatoms. The second-order valence-electron chi connectivity index (χ2n) is 7.30. The average molecular weight is 415 g/mol. The number of H-pyrrole nitrogens is 1. The van der Waals surface area contributed by atoms with E-state index in [2.05, 4.69) is 27.4 Å². The number of amides is 2. The van der Waals surface area contributed by atoms with Gasteiger partial charge < -0.3 is 19.9 Å². The van der Waals surface area contributed by atoms with E-state index in [1.807, 2.05) is 71.6 Å². The van der Waals surface area contributed by atoms with E-state index >= 15 is 0 Å². The zero-order valence-electron chi connectivity index (χ0n) is 17.5. The number of carbonyl (C=O) groups is 1. The molecular weight excluding hydrogens is 388 g/mol. The van der Waals surface area contributed by atoms with Gasteiger partial charge in [0.15, 0.2) is 0 Å². The Bertz CT molecular complexity index is 1110. The van der Waals surface area contributed by atoms with Gasteiger partial charge in [0.25, 0.3) is 0 Å².